The Morgan fingerprint density at radius 2 is 2.17 bits per heavy atom. The van der Waals surface area contributed by atoms with E-state index in [1.54, 1.807) is 26.5 Å². The summed E-state index contributed by atoms with van der Waals surface area (Å²) >= 11 is 5.69. The van der Waals surface area contributed by atoms with E-state index in [4.69, 9.17) is 21.4 Å². The van der Waals surface area contributed by atoms with Crippen molar-refractivity contribution in [2.45, 2.75) is 25.4 Å². The summed E-state index contributed by atoms with van der Waals surface area (Å²) in [6, 6.07) is 14.7. The topological polar surface area (TPSA) is 79.6 Å². The van der Waals surface area contributed by atoms with Crippen LogP contribution in [0.4, 0.5) is 11.4 Å². The first-order chi connectivity index (χ1) is 14.6. The fraction of sp³-hybridized carbons (Fsp3) is 0.227. The lowest BCUT2D eigenvalue weighted by atomic mass is 10.0. The van der Waals surface area contributed by atoms with E-state index in [2.05, 4.69) is 15.6 Å². The number of carbonyl (C=O) groups is 1. The third kappa shape index (κ3) is 3.73. The van der Waals surface area contributed by atoms with E-state index in [1.165, 1.54) is 0 Å². The molecular formula is C22H22N4O3S. The number of benzene rings is 1. The van der Waals surface area contributed by atoms with Gasteiger partial charge in [-0.1, -0.05) is 13.0 Å². The largest absolute Gasteiger partial charge is 0.494 e. The molecule has 154 valence electrons. The van der Waals surface area contributed by atoms with Crippen molar-refractivity contribution in [1.29, 1.82) is 0 Å². The quantitative estimate of drug-likeness (QED) is 0.576. The predicted octanol–water partition coefficient (Wildman–Crippen LogP) is 4.21. The molecule has 0 aliphatic carbocycles. The van der Waals surface area contributed by atoms with E-state index in [0.717, 1.165) is 17.1 Å². The predicted molar refractivity (Wildman–Crippen MR) is 119 cm³/mol. The summed E-state index contributed by atoms with van der Waals surface area (Å²) in [5.74, 6) is 1.24. The molecule has 30 heavy (non-hydrogen) atoms. The maximum Gasteiger partial charge on any atom is 0.224 e. The minimum atomic E-state index is -0.233. The van der Waals surface area contributed by atoms with Gasteiger partial charge in [0.1, 0.15) is 17.6 Å². The molecule has 1 fully saturated rings. The van der Waals surface area contributed by atoms with Gasteiger partial charge in [0, 0.05) is 24.4 Å². The van der Waals surface area contributed by atoms with Crippen LogP contribution < -0.4 is 20.3 Å². The standard InChI is InChI=1S/C22H22N4O3S/c1-3-19(27)24-15-10-9-14(13-18(15)28-2)26-21(17-8-6-12-29-17)20(25-22(26)30)16-7-4-5-11-23-16/h4-13,20-21H,3H2,1-2H3,(H,24,27)(H,25,30)/t20-,21-/m0/s1. The number of thiocarbonyl (C=S) groups is 1. The highest BCUT2D eigenvalue weighted by Gasteiger charge is 2.42. The number of amides is 1. The number of aromatic nitrogens is 1. The van der Waals surface area contributed by atoms with Gasteiger partial charge < -0.3 is 24.7 Å². The third-order valence-electron chi connectivity index (χ3n) is 4.99. The maximum absolute atomic E-state index is 11.8. The van der Waals surface area contributed by atoms with Gasteiger partial charge in [-0.2, -0.15) is 0 Å². The average Bonchev–Trinajstić information content (AvgIpc) is 3.42. The van der Waals surface area contributed by atoms with Crippen LogP contribution in [-0.4, -0.2) is 23.1 Å². The minimum Gasteiger partial charge on any atom is -0.494 e. The summed E-state index contributed by atoms with van der Waals surface area (Å²) in [6.07, 6.45) is 3.79. The number of ether oxygens (including phenoxy) is 1. The zero-order valence-corrected chi connectivity index (χ0v) is 17.5. The van der Waals surface area contributed by atoms with Gasteiger partial charge in [-0.15, -0.1) is 0 Å². The Hall–Kier alpha value is -3.39. The van der Waals surface area contributed by atoms with Gasteiger partial charge in [-0.3, -0.25) is 9.78 Å². The lowest BCUT2D eigenvalue weighted by Crippen LogP contribution is -2.29. The number of carbonyl (C=O) groups excluding carboxylic acids is 1. The lowest BCUT2D eigenvalue weighted by Gasteiger charge is -2.26. The van der Waals surface area contributed by atoms with Crippen molar-refractivity contribution in [3.05, 3.63) is 72.4 Å². The van der Waals surface area contributed by atoms with Crippen LogP contribution in [0.15, 0.2) is 65.4 Å². The fourth-order valence-corrected chi connectivity index (χ4v) is 3.90. The van der Waals surface area contributed by atoms with Crippen molar-refractivity contribution >= 4 is 34.6 Å². The molecule has 2 atom stereocenters. The number of furan rings is 1. The molecule has 1 aliphatic heterocycles. The van der Waals surface area contributed by atoms with Crippen LogP contribution in [0.1, 0.15) is 36.9 Å². The SMILES string of the molecule is CCC(=O)Nc1ccc(N2C(=S)N[C@@H](c3ccccn3)[C@@H]2c2ccco2)cc1OC. The number of anilines is 2. The molecule has 8 heteroatoms. The molecule has 1 aliphatic rings. The Labute approximate surface area is 180 Å². The van der Waals surface area contributed by atoms with E-state index < -0.39 is 0 Å². The Kier molecular flexibility index (Phi) is 5.67. The third-order valence-corrected chi connectivity index (χ3v) is 5.31. The summed E-state index contributed by atoms with van der Waals surface area (Å²) in [5, 5.41) is 6.78. The highest BCUT2D eigenvalue weighted by Crippen LogP contribution is 2.43. The fourth-order valence-electron chi connectivity index (χ4n) is 3.55. The van der Waals surface area contributed by atoms with Crippen molar-refractivity contribution < 1.29 is 13.9 Å². The molecular weight excluding hydrogens is 400 g/mol. The van der Waals surface area contributed by atoms with Crippen molar-refractivity contribution in [1.82, 2.24) is 10.3 Å². The Morgan fingerprint density at radius 1 is 1.30 bits per heavy atom. The highest BCUT2D eigenvalue weighted by atomic mass is 32.1. The van der Waals surface area contributed by atoms with Gasteiger partial charge in [0.25, 0.3) is 0 Å². The van der Waals surface area contributed by atoms with Crippen molar-refractivity contribution in [3.63, 3.8) is 0 Å². The summed E-state index contributed by atoms with van der Waals surface area (Å²) < 4.78 is 11.3. The van der Waals surface area contributed by atoms with E-state index in [-0.39, 0.29) is 18.0 Å². The summed E-state index contributed by atoms with van der Waals surface area (Å²) in [5.41, 5.74) is 2.29. The summed E-state index contributed by atoms with van der Waals surface area (Å²) in [4.78, 5) is 18.3. The monoisotopic (exact) mass is 422 g/mol. The van der Waals surface area contributed by atoms with Crippen LogP contribution in [0.25, 0.3) is 0 Å². The van der Waals surface area contributed by atoms with E-state index in [0.29, 0.717) is 23.0 Å². The Morgan fingerprint density at radius 3 is 2.83 bits per heavy atom. The van der Waals surface area contributed by atoms with Gasteiger partial charge in [0.15, 0.2) is 5.11 Å². The van der Waals surface area contributed by atoms with Gasteiger partial charge in [0.05, 0.1) is 30.8 Å². The molecule has 2 aromatic heterocycles. The smallest absolute Gasteiger partial charge is 0.224 e. The second-order valence-corrected chi connectivity index (χ2v) is 7.19. The normalized spacial score (nSPS) is 18.2. The second-order valence-electron chi connectivity index (χ2n) is 6.80. The molecule has 1 saturated heterocycles. The molecule has 3 aromatic rings. The van der Waals surface area contributed by atoms with Crippen molar-refractivity contribution in [2.24, 2.45) is 0 Å². The first kappa shape index (κ1) is 19.9. The van der Waals surface area contributed by atoms with Crippen LogP contribution >= 0.6 is 12.2 Å². The number of nitrogens with zero attached hydrogens (tertiary/aromatic N) is 2. The average molecular weight is 423 g/mol. The Bertz CT molecular complexity index is 1040. The maximum atomic E-state index is 11.8. The second kappa shape index (κ2) is 8.54. The van der Waals surface area contributed by atoms with Crippen LogP contribution in [0.3, 0.4) is 0 Å². The molecule has 0 bridgehead atoms. The molecule has 7 nitrogen and oxygen atoms in total. The number of nitrogens with one attached hydrogen (secondary N) is 2. The molecule has 4 rings (SSSR count). The molecule has 0 spiro atoms. The van der Waals surface area contributed by atoms with E-state index in [1.807, 2.05) is 53.4 Å². The molecule has 1 amide bonds. The molecule has 1 aromatic carbocycles. The van der Waals surface area contributed by atoms with Crippen molar-refractivity contribution in [3.8, 4) is 5.75 Å². The van der Waals surface area contributed by atoms with Crippen LogP contribution in [-0.2, 0) is 4.79 Å². The molecule has 2 N–H and O–H groups in total. The van der Waals surface area contributed by atoms with Crippen LogP contribution in [0.5, 0.6) is 5.75 Å². The minimum absolute atomic E-state index is 0.0805. The number of rotatable bonds is 6. The molecule has 0 saturated carbocycles. The van der Waals surface area contributed by atoms with Crippen molar-refractivity contribution in [2.75, 3.05) is 17.3 Å². The number of hydrogen-bond donors (Lipinski definition) is 2. The van der Waals surface area contributed by atoms with Gasteiger partial charge in [0.2, 0.25) is 5.91 Å². The van der Waals surface area contributed by atoms with E-state index in [9.17, 15) is 4.79 Å². The molecule has 0 radical (unpaired) electrons. The first-order valence-corrected chi connectivity index (χ1v) is 10.0. The summed E-state index contributed by atoms with van der Waals surface area (Å²) in [6.45, 7) is 1.80. The molecule has 0 unspecified atom stereocenters. The highest BCUT2D eigenvalue weighted by molar-refractivity contribution is 7.80. The van der Waals surface area contributed by atoms with Gasteiger partial charge >= 0.3 is 0 Å². The summed E-state index contributed by atoms with van der Waals surface area (Å²) in [7, 11) is 1.57. The van der Waals surface area contributed by atoms with Crippen LogP contribution in [0, 0.1) is 0 Å². The Balaban J connectivity index is 1.75. The number of hydrogen-bond acceptors (Lipinski definition) is 5. The van der Waals surface area contributed by atoms with Gasteiger partial charge in [-0.05, 0) is 48.6 Å². The number of pyridine rings is 1. The zero-order chi connectivity index (χ0) is 21.1. The first-order valence-electron chi connectivity index (χ1n) is 9.64. The van der Waals surface area contributed by atoms with Crippen LogP contribution in [0.2, 0.25) is 0 Å². The molecule has 3 heterocycles. The number of methoxy groups -OCH3 is 1. The lowest BCUT2D eigenvalue weighted by molar-refractivity contribution is -0.115. The zero-order valence-electron chi connectivity index (χ0n) is 16.7. The van der Waals surface area contributed by atoms with E-state index >= 15 is 0 Å². The van der Waals surface area contributed by atoms with Gasteiger partial charge in [-0.25, -0.2) is 0 Å².